The van der Waals surface area contributed by atoms with Gasteiger partial charge < -0.3 is 0 Å². The third-order valence-electron chi connectivity index (χ3n) is 6.27. The maximum Gasteiger partial charge on any atom is 0.269 e. The maximum absolute atomic E-state index is 13.1. The molecule has 2 aromatic rings. The van der Waals surface area contributed by atoms with Crippen molar-refractivity contribution in [2.24, 2.45) is 5.92 Å². The van der Waals surface area contributed by atoms with E-state index >= 15 is 0 Å². The molecule has 9 heteroatoms. The van der Waals surface area contributed by atoms with Crippen LogP contribution in [0.3, 0.4) is 0 Å². The Bertz CT molecular complexity index is 1130. The van der Waals surface area contributed by atoms with E-state index in [0.29, 0.717) is 32.6 Å². The first kappa shape index (κ1) is 24.1. The zero-order valence-electron chi connectivity index (χ0n) is 19.0. The minimum atomic E-state index is -3.64. The van der Waals surface area contributed by atoms with Crippen LogP contribution in [0.25, 0.3) is 0 Å². The van der Waals surface area contributed by atoms with Gasteiger partial charge in [0.25, 0.3) is 5.91 Å². The lowest BCUT2D eigenvalue weighted by atomic mass is 9.94. The Morgan fingerprint density at radius 1 is 0.882 bits per heavy atom. The molecule has 2 aromatic carbocycles. The van der Waals surface area contributed by atoms with Crippen molar-refractivity contribution in [2.45, 2.75) is 30.7 Å². The highest BCUT2D eigenvalue weighted by atomic mass is 32.2. The predicted molar refractivity (Wildman–Crippen MR) is 129 cm³/mol. The number of benzene rings is 2. The van der Waals surface area contributed by atoms with E-state index in [0.717, 1.165) is 19.4 Å². The quantitative estimate of drug-likeness (QED) is 0.486. The van der Waals surface area contributed by atoms with Gasteiger partial charge in [0, 0.05) is 44.2 Å². The maximum atomic E-state index is 13.1. The van der Waals surface area contributed by atoms with Crippen molar-refractivity contribution >= 4 is 21.8 Å². The zero-order valence-corrected chi connectivity index (χ0v) is 19.8. The summed E-state index contributed by atoms with van der Waals surface area (Å²) in [6.07, 6.45) is 6.28. The Labute approximate surface area is 200 Å². The molecule has 2 amide bonds. The lowest BCUT2D eigenvalue weighted by Crippen LogP contribution is -2.48. The largest absolute Gasteiger partial charge is 0.296 e. The van der Waals surface area contributed by atoms with E-state index in [1.807, 2.05) is 30.4 Å². The molecule has 1 aliphatic heterocycles. The van der Waals surface area contributed by atoms with Crippen molar-refractivity contribution in [1.82, 2.24) is 20.1 Å². The fourth-order valence-electron chi connectivity index (χ4n) is 4.22. The molecule has 1 atom stereocenters. The molecule has 8 nitrogen and oxygen atoms in total. The number of hydrogen-bond donors (Lipinski definition) is 2. The van der Waals surface area contributed by atoms with Gasteiger partial charge in [-0.3, -0.25) is 25.3 Å². The third kappa shape index (κ3) is 5.91. The smallest absolute Gasteiger partial charge is 0.269 e. The second-order valence-corrected chi connectivity index (χ2v) is 10.6. The first-order chi connectivity index (χ1) is 16.4. The van der Waals surface area contributed by atoms with Crippen LogP contribution in [0.1, 0.15) is 35.2 Å². The van der Waals surface area contributed by atoms with Crippen molar-refractivity contribution in [2.75, 3.05) is 26.2 Å². The first-order valence-corrected chi connectivity index (χ1v) is 13.0. The molecule has 0 radical (unpaired) electrons. The van der Waals surface area contributed by atoms with E-state index in [1.54, 1.807) is 0 Å². The number of allylic oxidation sites excluding steroid dienone is 2. The second-order valence-electron chi connectivity index (χ2n) is 8.61. The lowest BCUT2D eigenvalue weighted by Gasteiger charge is -2.34. The molecule has 0 bridgehead atoms. The number of hydrogen-bond acceptors (Lipinski definition) is 5. The van der Waals surface area contributed by atoms with Crippen molar-refractivity contribution in [1.29, 1.82) is 0 Å². The normalized spacial score (nSPS) is 19.5. The summed E-state index contributed by atoms with van der Waals surface area (Å²) in [4.78, 5) is 26.9. The fourth-order valence-corrected chi connectivity index (χ4v) is 5.64. The molecular formula is C25H30N4O4S. The monoisotopic (exact) mass is 482 g/mol. The molecule has 0 saturated carbocycles. The Morgan fingerprint density at radius 3 is 2.24 bits per heavy atom. The molecule has 1 aliphatic carbocycles. The van der Waals surface area contributed by atoms with Crippen molar-refractivity contribution in [3.05, 3.63) is 77.9 Å². The molecule has 0 aromatic heterocycles. The Hall–Kier alpha value is -3.01. The van der Waals surface area contributed by atoms with Crippen molar-refractivity contribution < 1.29 is 18.0 Å². The van der Waals surface area contributed by atoms with Crippen LogP contribution in [-0.2, 0) is 21.4 Å². The SMILES string of the molecule is O=C(NNC(=O)C1CC=CCC1)c1ccc(S(=O)(=O)N2CCN(Cc3ccccc3)CC2)cc1. The summed E-state index contributed by atoms with van der Waals surface area (Å²) in [6.45, 7) is 2.95. The van der Waals surface area contributed by atoms with E-state index in [4.69, 9.17) is 0 Å². The number of nitrogens with one attached hydrogen (secondary N) is 2. The van der Waals surface area contributed by atoms with E-state index in [9.17, 15) is 18.0 Å². The van der Waals surface area contributed by atoms with Crippen molar-refractivity contribution in [3.8, 4) is 0 Å². The van der Waals surface area contributed by atoms with Crippen molar-refractivity contribution in [3.63, 3.8) is 0 Å². The van der Waals surface area contributed by atoms with E-state index in [-0.39, 0.29) is 22.3 Å². The summed E-state index contributed by atoms with van der Waals surface area (Å²) in [5, 5.41) is 0. The van der Waals surface area contributed by atoms with Crippen LogP contribution in [-0.4, -0.2) is 55.6 Å². The second kappa shape index (κ2) is 10.9. The van der Waals surface area contributed by atoms with Crippen LogP contribution in [0.4, 0.5) is 0 Å². The molecule has 1 fully saturated rings. The van der Waals surface area contributed by atoms with Gasteiger partial charge in [0.1, 0.15) is 0 Å². The summed E-state index contributed by atoms with van der Waals surface area (Å²) >= 11 is 0. The number of carbonyl (C=O) groups excluding carboxylic acids is 2. The van der Waals surface area contributed by atoms with Crippen LogP contribution >= 0.6 is 0 Å². The highest BCUT2D eigenvalue weighted by Gasteiger charge is 2.28. The van der Waals surface area contributed by atoms with Crippen LogP contribution in [0, 0.1) is 5.92 Å². The van der Waals surface area contributed by atoms with Gasteiger partial charge in [-0.2, -0.15) is 4.31 Å². The average molecular weight is 483 g/mol. The number of rotatable bonds is 6. The molecular weight excluding hydrogens is 452 g/mol. The summed E-state index contributed by atoms with van der Waals surface area (Å²) < 4.78 is 27.6. The van der Waals surface area contributed by atoms with E-state index in [1.165, 1.54) is 34.1 Å². The van der Waals surface area contributed by atoms with E-state index < -0.39 is 15.9 Å². The third-order valence-corrected chi connectivity index (χ3v) is 8.19. The highest BCUT2D eigenvalue weighted by Crippen LogP contribution is 2.20. The predicted octanol–water partition coefficient (Wildman–Crippen LogP) is 2.31. The summed E-state index contributed by atoms with van der Waals surface area (Å²) in [5.74, 6) is -0.854. The number of sulfonamides is 1. The highest BCUT2D eigenvalue weighted by molar-refractivity contribution is 7.89. The number of carbonyl (C=O) groups is 2. The molecule has 34 heavy (non-hydrogen) atoms. The van der Waals surface area contributed by atoms with Gasteiger partial charge in [-0.05, 0) is 49.1 Å². The Morgan fingerprint density at radius 2 is 1.59 bits per heavy atom. The average Bonchev–Trinajstić information content (AvgIpc) is 2.88. The van der Waals surface area contributed by atoms with Gasteiger partial charge >= 0.3 is 0 Å². The van der Waals surface area contributed by atoms with Crippen LogP contribution in [0.2, 0.25) is 0 Å². The summed E-state index contributed by atoms with van der Waals surface area (Å²) in [6, 6.07) is 15.9. The number of piperazine rings is 1. The summed E-state index contributed by atoms with van der Waals surface area (Å²) in [5.41, 5.74) is 6.36. The van der Waals surface area contributed by atoms with Crippen LogP contribution in [0.15, 0.2) is 71.6 Å². The standard InChI is InChI=1S/C25H30N4O4S/c30-24(21-9-5-2-6-10-21)26-27-25(31)22-11-13-23(14-12-22)34(32,33)29-17-15-28(16-18-29)19-20-7-3-1-4-8-20/h1-5,7-8,11-14,21H,6,9-10,15-19H2,(H,26,30)(H,27,31). The lowest BCUT2D eigenvalue weighted by molar-refractivity contribution is -0.126. The first-order valence-electron chi connectivity index (χ1n) is 11.6. The molecule has 180 valence electrons. The number of amides is 2. The molecule has 0 spiro atoms. The zero-order chi connectivity index (χ0) is 24.0. The fraction of sp³-hybridized carbons (Fsp3) is 0.360. The molecule has 1 heterocycles. The van der Waals surface area contributed by atoms with Crippen LogP contribution < -0.4 is 10.9 Å². The molecule has 2 aliphatic rings. The van der Waals surface area contributed by atoms with Gasteiger partial charge in [-0.25, -0.2) is 8.42 Å². The van der Waals surface area contributed by atoms with Gasteiger partial charge in [0.15, 0.2) is 0 Å². The van der Waals surface area contributed by atoms with Gasteiger partial charge in [-0.15, -0.1) is 0 Å². The molecule has 1 unspecified atom stereocenters. The van der Waals surface area contributed by atoms with E-state index in [2.05, 4.69) is 27.9 Å². The number of nitrogens with zero attached hydrogens (tertiary/aromatic N) is 2. The van der Waals surface area contributed by atoms with Gasteiger partial charge in [0.05, 0.1) is 4.90 Å². The van der Waals surface area contributed by atoms with Gasteiger partial charge in [-0.1, -0.05) is 42.5 Å². The molecule has 1 saturated heterocycles. The Kier molecular flexibility index (Phi) is 7.77. The minimum absolute atomic E-state index is 0.147. The minimum Gasteiger partial charge on any atom is -0.296 e. The molecule has 4 rings (SSSR count). The molecule has 2 N–H and O–H groups in total. The number of hydrazine groups is 1. The van der Waals surface area contributed by atoms with Crippen LogP contribution in [0.5, 0.6) is 0 Å². The summed E-state index contributed by atoms with van der Waals surface area (Å²) in [7, 11) is -3.64. The topological polar surface area (TPSA) is 98.8 Å². The Balaban J connectivity index is 1.29. The van der Waals surface area contributed by atoms with Gasteiger partial charge in [0.2, 0.25) is 15.9 Å².